The van der Waals surface area contributed by atoms with Crippen molar-refractivity contribution in [2.45, 2.75) is 6.04 Å². The van der Waals surface area contributed by atoms with Crippen molar-refractivity contribution in [3.05, 3.63) is 65.4 Å². The lowest BCUT2D eigenvalue weighted by Crippen LogP contribution is -2.18. The number of halogens is 1. The Labute approximate surface area is 121 Å². The molecule has 1 heterocycles. The van der Waals surface area contributed by atoms with E-state index in [4.69, 9.17) is 26.5 Å². The zero-order valence-electron chi connectivity index (χ0n) is 10.8. The maximum atomic E-state index is 6.09. The molecule has 0 aliphatic carbocycles. The molecule has 0 saturated carbocycles. The normalized spacial score (nSPS) is 12.5. The van der Waals surface area contributed by atoms with Crippen LogP contribution in [0.15, 0.2) is 59.0 Å². The Hall–Kier alpha value is -1.97. The van der Waals surface area contributed by atoms with Gasteiger partial charge in [0.05, 0.1) is 11.1 Å². The Balaban J connectivity index is 1.75. The number of hydrogen-bond acceptors (Lipinski definition) is 3. The topological polar surface area (TPSA) is 48.4 Å². The molecule has 2 aromatic carbocycles. The molecule has 1 atom stereocenters. The van der Waals surface area contributed by atoms with Gasteiger partial charge in [-0.05, 0) is 24.3 Å². The highest BCUT2D eigenvalue weighted by Crippen LogP contribution is 2.29. The van der Waals surface area contributed by atoms with Gasteiger partial charge in [-0.1, -0.05) is 41.9 Å². The molecule has 4 heteroatoms. The maximum Gasteiger partial charge on any atom is 0.152 e. The molecule has 20 heavy (non-hydrogen) atoms. The predicted octanol–water partition coefficient (Wildman–Crippen LogP) is 4.17. The highest BCUT2D eigenvalue weighted by Gasteiger charge is 2.14. The van der Waals surface area contributed by atoms with E-state index >= 15 is 0 Å². The molecular formula is C16H14ClNO2. The standard InChI is InChI=1S/C16H14ClNO2/c17-13-8-4-5-11-9-15(20-16(11)13)14(18)10-19-12-6-2-1-3-7-12/h1-9,14H,10,18H2. The second-order valence-corrected chi connectivity index (χ2v) is 4.94. The van der Waals surface area contributed by atoms with Gasteiger partial charge in [0.2, 0.25) is 0 Å². The fraction of sp³-hybridized carbons (Fsp3) is 0.125. The fourth-order valence-electron chi connectivity index (χ4n) is 2.02. The van der Waals surface area contributed by atoms with Gasteiger partial charge in [-0.2, -0.15) is 0 Å². The SMILES string of the molecule is NC(COc1ccccc1)c1cc2cccc(Cl)c2o1. The summed E-state index contributed by atoms with van der Waals surface area (Å²) in [6, 6.07) is 16.7. The molecule has 0 radical (unpaired) electrons. The zero-order valence-corrected chi connectivity index (χ0v) is 11.5. The van der Waals surface area contributed by atoms with E-state index in [0.29, 0.717) is 23.0 Å². The first-order chi connectivity index (χ1) is 9.74. The molecule has 0 spiro atoms. The predicted molar refractivity (Wildman–Crippen MR) is 80.1 cm³/mol. The molecule has 3 aromatic rings. The molecule has 0 amide bonds. The monoisotopic (exact) mass is 287 g/mol. The average molecular weight is 288 g/mol. The molecule has 3 rings (SSSR count). The highest BCUT2D eigenvalue weighted by molar-refractivity contribution is 6.34. The third-order valence-electron chi connectivity index (χ3n) is 3.05. The molecule has 0 bridgehead atoms. The first-order valence-electron chi connectivity index (χ1n) is 6.35. The van der Waals surface area contributed by atoms with Crippen LogP contribution in [0.2, 0.25) is 5.02 Å². The van der Waals surface area contributed by atoms with Gasteiger partial charge in [0.15, 0.2) is 5.58 Å². The van der Waals surface area contributed by atoms with Crippen molar-refractivity contribution in [1.29, 1.82) is 0 Å². The number of furan rings is 1. The lowest BCUT2D eigenvalue weighted by molar-refractivity contribution is 0.275. The van der Waals surface area contributed by atoms with Gasteiger partial charge >= 0.3 is 0 Å². The van der Waals surface area contributed by atoms with E-state index in [1.807, 2.05) is 48.5 Å². The summed E-state index contributed by atoms with van der Waals surface area (Å²) in [6.45, 7) is 0.349. The van der Waals surface area contributed by atoms with Gasteiger partial charge in [-0.25, -0.2) is 0 Å². The van der Waals surface area contributed by atoms with E-state index in [2.05, 4.69) is 0 Å². The largest absolute Gasteiger partial charge is 0.491 e. The van der Waals surface area contributed by atoms with Gasteiger partial charge in [-0.3, -0.25) is 0 Å². The number of fused-ring (bicyclic) bond motifs is 1. The lowest BCUT2D eigenvalue weighted by Gasteiger charge is -2.10. The van der Waals surface area contributed by atoms with Crippen molar-refractivity contribution in [3.8, 4) is 5.75 Å². The number of ether oxygens (including phenoxy) is 1. The third kappa shape index (κ3) is 2.64. The van der Waals surface area contributed by atoms with Crippen molar-refractivity contribution < 1.29 is 9.15 Å². The Morgan fingerprint density at radius 3 is 2.65 bits per heavy atom. The van der Waals surface area contributed by atoms with Crippen molar-refractivity contribution >= 4 is 22.6 Å². The van der Waals surface area contributed by atoms with E-state index in [1.54, 1.807) is 6.07 Å². The molecular weight excluding hydrogens is 274 g/mol. The quantitative estimate of drug-likeness (QED) is 0.783. The van der Waals surface area contributed by atoms with E-state index in [0.717, 1.165) is 11.1 Å². The van der Waals surface area contributed by atoms with Crippen LogP contribution in [0, 0.1) is 0 Å². The zero-order chi connectivity index (χ0) is 13.9. The van der Waals surface area contributed by atoms with Crippen LogP contribution in [0.3, 0.4) is 0 Å². The second kappa shape index (κ2) is 5.57. The molecule has 0 fully saturated rings. The maximum absolute atomic E-state index is 6.09. The number of rotatable bonds is 4. The third-order valence-corrected chi connectivity index (χ3v) is 3.35. The molecule has 1 aromatic heterocycles. The Kier molecular flexibility index (Phi) is 3.63. The summed E-state index contributed by atoms with van der Waals surface area (Å²) in [5.74, 6) is 1.46. The summed E-state index contributed by atoms with van der Waals surface area (Å²) < 4.78 is 11.3. The van der Waals surface area contributed by atoms with Crippen molar-refractivity contribution in [3.63, 3.8) is 0 Å². The number of nitrogens with two attached hydrogens (primary N) is 1. The fourth-order valence-corrected chi connectivity index (χ4v) is 2.24. The Bertz CT molecular complexity index is 709. The van der Waals surface area contributed by atoms with Crippen molar-refractivity contribution in [1.82, 2.24) is 0 Å². The molecule has 0 saturated heterocycles. The van der Waals surface area contributed by atoms with Gasteiger partial charge in [0.1, 0.15) is 18.1 Å². The highest BCUT2D eigenvalue weighted by atomic mass is 35.5. The smallest absolute Gasteiger partial charge is 0.152 e. The summed E-state index contributed by atoms with van der Waals surface area (Å²) in [5.41, 5.74) is 6.76. The van der Waals surface area contributed by atoms with E-state index < -0.39 is 0 Å². The van der Waals surface area contributed by atoms with E-state index in [9.17, 15) is 0 Å². The second-order valence-electron chi connectivity index (χ2n) is 4.54. The summed E-state index contributed by atoms with van der Waals surface area (Å²) >= 11 is 6.08. The van der Waals surface area contributed by atoms with Crippen molar-refractivity contribution in [2.75, 3.05) is 6.61 Å². The van der Waals surface area contributed by atoms with Crippen LogP contribution < -0.4 is 10.5 Å². The molecule has 3 nitrogen and oxygen atoms in total. The van der Waals surface area contributed by atoms with Crippen LogP contribution in [0.25, 0.3) is 11.0 Å². The number of hydrogen-bond donors (Lipinski definition) is 1. The van der Waals surface area contributed by atoms with Crippen LogP contribution in [0.4, 0.5) is 0 Å². The summed E-state index contributed by atoms with van der Waals surface area (Å²) in [7, 11) is 0. The number of benzene rings is 2. The van der Waals surface area contributed by atoms with Crippen LogP contribution >= 0.6 is 11.6 Å². The van der Waals surface area contributed by atoms with Crippen LogP contribution in [0.1, 0.15) is 11.8 Å². The molecule has 1 unspecified atom stereocenters. The minimum Gasteiger partial charge on any atom is -0.491 e. The average Bonchev–Trinajstić information content (AvgIpc) is 2.91. The van der Waals surface area contributed by atoms with Crippen LogP contribution in [-0.4, -0.2) is 6.61 Å². The molecule has 102 valence electrons. The van der Waals surface area contributed by atoms with Gasteiger partial charge in [0.25, 0.3) is 0 Å². The van der Waals surface area contributed by atoms with Crippen molar-refractivity contribution in [2.24, 2.45) is 5.73 Å². The minimum absolute atomic E-state index is 0.335. The van der Waals surface area contributed by atoms with E-state index in [1.165, 1.54) is 0 Å². The first kappa shape index (κ1) is 13.0. The van der Waals surface area contributed by atoms with E-state index in [-0.39, 0.29) is 6.04 Å². The molecule has 0 aliphatic rings. The summed E-state index contributed by atoms with van der Waals surface area (Å²) in [6.07, 6.45) is 0. The van der Waals surface area contributed by atoms with Crippen LogP contribution in [-0.2, 0) is 0 Å². The van der Waals surface area contributed by atoms with Crippen LogP contribution in [0.5, 0.6) is 5.75 Å². The Morgan fingerprint density at radius 2 is 1.90 bits per heavy atom. The summed E-state index contributed by atoms with van der Waals surface area (Å²) in [4.78, 5) is 0. The summed E-state index contributed by atoms with van der Waals surface area (Å²) in [5, 5.41) is 1.53. The lowest BCUT2D eigenvalue weighted by atomic mass is 10.2. The van der Waals surface area contributed by atoms with Gasteiger partial charge in [-0.15, -0.1) is 0 Å². The molecule has 2 N–H and O–H groups in total. The minimum atomic E-state index is -0.335. The first-order valence-corrected chi connectivity index (χ1v) is 6.73. The number of para-hydroxylation sites is 2. The molecule has 0 aliphatic heterocycles. The van der Waals surface area contributed by atoms with Gasteiger partial charge < -0.3 is 14.9 Å². The van der Waals surface area contributed by atoms with Gasteiger partial charge in [0, 0.05) is 5.39 Å². The Morgan fingerprint density at radius 1 is 1.10 bits per heavy atom.